The van der Waals surface area contributed by atoms with Gasteiger partial charge in [0.05, 0.1) is 13.2 Å². The number of carbonyl (C=O) groups excluding carboxylic acids is 1. The van der Waals surface area contributed by atoms with Gasteiger partial charge in [0.25, 0.3) is 0 Å². The van der Waals surface area contributed by atoms with Crippen molar-refractivity contribution in [3.8, 4) is 11.8 Å². The average Bonchev–Trinajstić information content (AvgIpc) is 2.31. The van der Waals surface area contributed by atoms with Gasteiger partial charge in [0.1, 0.15) is 11.7 Å². The molecule has 0 aliphatic carbocycles. The number of Topliss-reactive ketones (excluding diaryl/α,β-unsaturated/α-hetero) is 1. The third-order valence-electron chi connectivity index (χ3n) is 2.45. The highest BCUT2D eigenvalue weighted by molar-refractivity contribution is 6.30. The molecular weight excluding hydrogens is 238 g/mol. The van der Waals surface area contributed by atoms with Gasteiger partial charge >= 0.3 is 0 Å². The number of benzene rings is 1. The van der Waals surface area contributed by atoms with Crippen LogP contribution in [0.25, 0.3) is 0 Å². The lowest BCUT2D eigenvalue weighted by Crippen LogP contribution is -2.11. The maximum atomic E-state index is 11.8. The third-order valence-corrected chi connectivity index (χ3v) is 2.69. The molecular formula is C13H14ClNO2. The van der Waals surface area contributed by atoms with E-state index < -0.39 is 5.92 Å². The van der Waals surface area contributed by atoms with Gasteiger partial charge in [0.2, 0.25) is 0 Å². The zero-order chi connectivity index (χ0) is 12.8. The summed E-state index contributed by atoms with van der Waals surface area (Å²) in [7, 11) is 1.51. The molecule has 0 aromatic heterocycles. The standard InChI is InChI=1S/C13H14ClNO2/c1-3-4-12(16)11(8-15)10-7-9(14)5-6-13(10)17-2/h5-7,11H,3-4H2,1-2H3. The quantitative estimate of drug-likeness (QED) is 0.807. The van der Waals surface area contributed by atoms with Gasteiger partial charge in [-0.25, -0.2) is 0 Å². The summed E-state index contributed by atoms with van der Waals surface area (Å²) < 4.78 is 5.15. The first-order chi connectivity index (χ1) is 8.13. The van der Waals surface area contributed by atoms with Crippen LogP contribution in [0.1, 0.15) is 31.2 Å². The Hall–Kier alpha value is -1.53. The first-order valence-electron chi connectivity index (χ1n) is 5.39. The van der Waals surface area contributed by atoms with E-state index in [1.165, 1.54) is 7.11 Å². The highest BCUT2D eigenvalue weighted by atomic mass is 35.5. The van der Waals surface area contributed by atoms with Gasteiger partial charge in [-0.3, -0.25) is 4.79 Å². The molecule has 0 fully saturated rings. The Morgan fingerprint density at radius 3 is 2.82 bits per heavy atom. The summed E-state index contributed by atoms with van der Waals surface area (Å²) in [5, 5.41) is 9.61. The van der Waals surface area contributed by atoms with E-state index in [-0.39, 0.29) is 5.78 Å². The van der Waals surface area contributed by atoms with Crippen molar-refractivity contribution < 1.29 is 9.53 Å². The molecule has 0 N–H and O–H groups in total. The first-order valence-corrected chi connectivity index (χ1v) is 5.77. The van der Waals surface area contributed by atoms with E-state index in [1.807, 2.05) is 13.0 Å². The van der Waals surface area contributed by atoms with Crippen molar-refractivity contribution in [3.05, 3.63) is 28.8 Å². The van der Waals surface area contributed by atoms with Crippen molar-refractivity contribution >= 4 is 17.4 Å². The molecule has 0 bridgehead atoms. The number of carbonyl (C=O) groups is 1. The van der Waals surface area contributed by atoms with E-state index in [2.05, 4.69) is 0 Å². The molecule has 0 aliphatic rings. The number of halogens is 1. The second-order valence-corrected chi connectivity index (χ2v) is 4.10. The maximum Gasteiger partial charge on any atom is 0.154 e. The third kappa shape index (κ3) is 3.21. The number of methoxy groups -OCH3 is 1. The van der Waals surface area contributed by atoms with Crippen LogP contribution in [-0.4, -0.2) is 12.9 Å². The van der Waals surface area contributed by atoms with Crippen LogP contribution < -0.4 is 4.74 Å². The Morgan fingerprint density at radius 2 is 2.29 bits per heavy atom. The summed E-state index contributed by atoms with van der Waals surface area (Å²) >= 11 is 5.88. The summed E-state index contributed by atoms with van der Waals surface area (Å²) in [5.74, 6) is -0.385. The zero-order valence-electron chi connectivity index (χ0n) is 9.87. The van der Waals surface area contributed by atoms with Gasteiger partial charge in [-0.1, -0.05) is 18.5 Å². The van der Waals surface area contributed by atoms with Crippen molar-refractivity contribution in [3.63, 3.8) is 0 Å². The summed E-state index contributed by atoms with van der Waals surface area (Å²) in [4.78, 5) is 11.8. The number of nitriles is 1. The predicted octanol–water partition coefficient (Wildman–Crippen LogP) is 3.32. The number of ether oxygens (including phenoxy) is 1. The minimum atomic E-state index is -0.802. The monoisotopic (exact) mass is 251 g/mol. The molecule has 0 saturated carbocycles. The number of rotatable bonds is 5. The summed E-state index contributed by atoms with van der Waals surface area (Å²) in [6.07, 6.45) is 1.10. The van der Waals surface area contributed by atoms with Crippen molar-refractivity contribution in [2.24, 2.45) is 0 Å². The SMILES string of the molecule is CCCC(=O)C(C#N)c1cc(Cl)ccc1OC. The lowest BCUT2D eigenvalue weighted by molar-refractivity contribution is -0.119. The van der Waals surface area contributed by atoms with Crippen LogP contribution in [-0.2, 0) is 4.79 Å². The predicted molar refractivity (Wildman–Crippen MR) is 66.3 cm³/mol. The second kappa shape index (κ2) is 6.27. The molecule has 0 amide bonds. The van der Waals surface area contributed by atoms with Crippen molar-refractivity contribution in [2.45, 2.75) is 25.7 Å². The van der Waals surface area contributed by atoms with Crippen LogP contribution in [0.3, 0.4) is 0 Å². The largest absolute Gasteiger partial charge is 0.496 e. The zero-order valence-corrected chi connectivity index (χ0v) is 10.6. The Kier molecular flexibility index (Phi) is 4.99. The minimum absolute atomic E-state index is 0.101. The Balaban J connectivity index is 3.15. The summed E-state index contributed by atoms with van der Waals surface area (Å²) in [6, 6.07) is 6.97. The number of hydrogen-bond donors (Lipinski definition) is 0. The average molecular weight is 252 g/mol. The molecule has 1 atom stereocenters. The molecule has 0 aliphatic heterocycles. The minimum Gasteiger partial charge on any atom is -0.496 e. The van der Waals surface area contributed by atoms with Gasteiger partial charge in [-0.15, -0.1) is 0 Å². The van der Waals surface area contributed by atoms with E-state index >= 15 is 0 Å². The second-order valence-electron chi connectivity index (χ2n) is 3.66. The van der Waals surface area contributed by atoms with Crippen LogP contribution in [0, 0.1) is 11.3 Å². The van der Waals surface area contributed by atoms with E-state index in [0.717, 1.165) is 6.42 Å². The van der Waals surface area contributed by atoms with E-state index in [4.69, 9.17) is 21.6 Å². The molecule has 1 aromatic rings. The fraction of sp³-hybridized carbons (Fsp3) is 0.385. The molecule has 0 spiro atoms. The van der Waals surface area contributed by atoms with E-state index in [9.17, 15) is 4.79 Å². The lowest BCUT2D eigenvalue weighted by atomic mass is 9.93. The number of ketones is 1. The topological polar surface area (TPSA) is 50.1 Å². The van der Waals surface area contributed by atoms with Crippen molar-refractivity contribution in [2.75, 3.05) is 7.11 Å². The molecule has 17 heavy (non-hydrogen) atoms. The van der Waals surface area contributed by atoms with Gasteiger partial charge in [-0.2, -0.15) is 5.26 Å². The summed E-state index contributed by atoms with van der Waals surface area (Å²) in [6.45, 7) is 1.90. The van der Waals surface area contributed by atoms with Crippen LogP contribution in [0.4, 0.5) is 0 Å². The molecule has 90 valence electrons. The van der Waals surface area contributed by atoms with Crippen molar-refractivity contribution in [1.82, 2.24) is 0 Å². The highest BCUT2D eigenvalue weighted by Gasteiger charge is 2.23. The molecule has 0 saturated heterocycles. The van der Waals surface area contributed by atoms with Gasteiger partial charge < -0.3 is 4.74 Å². The molecule has 0 radical (unpaired) electrons. The maximum absolute atomic E-state index is 11.8. The van der Waals surface area contributed by atoms with Gasteiger partial charge in [0, 0.05) is 17.0 Å². The lowest BCUT2D eigenvalue weighted by Gasteiger charge is -2.12. The van der Waals surface area contributed by atoms with E-state index in [1.54, 1.807) is 18.2 Å². The highest BCUT2D eigenvalue weighted by Crippen LogP contribution is 2.30. The molecule has 3 nitrogen and oxygen atoms in total. The molecule has 1 aromatic carbocycles. The first kappa shape index (κ1) is 13.5. The number of hydrogen-bond acceptors (Lipinski definition) is 3. The van der Waals surface area contributed by atoms with Gasteiger partial charge in [-0.05, 0) is 24.6 Å². The fourth-order valence-electron chi connectivity index (χ4n) is 1.64. The molecule has 0 heterocycles. The van der Waals surface area contributed by atoms with Crippen LogP contribution in [0.5, 0.6) is 5.75 Å². The fourth-order valence-corrected chi connectivity index (χ4v) is 1.82. The van der Waals surface area contributed by atoms with Crippen LogP contribution in [0.15, 0.2) is 18.2 Å². The van der Waals surface area contributed by atoms with Crippen molar-refractivity contribution in [1.29, 1.82) is 5.26 Å². The normalized spacial score (nSPS) is 11.6. The summed E-state index contributed by atoms with van der Waals surface area (Å²) in [5.41, 5.74) is 0.543. The Labute approximate surface area is 106 Å². The number of nitrogens with zero attached hydrogens (tertiary/aromatic N) is 1. The van der Waals surface area contributed by atoms with Crippen LogP contribution >= 0.6 is 11.6 Å². The smallest absolute Gasteiger partial charge is 0.154 e. The van der Waals surface area contributed by atoms with E-state index in [0.29, 0.717) is 22.8 Å². The molecule has 4 heteroatoms. The Bertz CT molecular complexity index is 451. The molecule has 1 rings (SSSR count). The van der Waals surface area contributed by atoms with Gasteiger partial charge in [0.15, 0.2) is 5.78 Å². The Morgan fingerprint density at radius 1 is 1.59 bits per heavy atom. The molecule has 1 unspecified atom stereocenters. The van der Waals surface area contributed by atoms with Crippen LogP contribution in [0.2, 0.25) is 5.02 Å².